The molecular formula is C21H20N4O2S. The molecule has 0 fully saturated rings. The van der Waals surface area contributed by atoms with Crippen LogP contribution >= 0.6 is 11.8 Å². The molecule has 0 saturated heterocycles. The first-order chi connectivity index (χ1) is 13.8. The minimum atomic E-state index is -0.0519. The number of carbonyl (C=O) groups is 1. The summed E-state index contributed by atoms with van der Waals surface area (Å²) in [5, 5.41) is 3.75. The van der Waals surface area contributed by atoms with Gasteiger partial charge in [0.1, 0.15) is 10.8 Å². The van der Waals surface area contributed by atoms with E-state index >= 15 is 0 Å². The van der Waals surface area contributed by atoms with E-state index in [1.165, 1.54) is 11.8 Å². The molecule has 0 radical (unpaired) electrons. The second-order valence-electron chi connectivity index (χ2n) is 6.13. The molecule has 0 bridgehead atoms. The lowest BCUT2D eigenvalue weighted by Crippen LogP contribution is -2.25. The summed E-state index contributed by atoms with van der Waals surface area (Å²) in [6.07, 6.45) is 3.71. The highest BCUT2D eigenvalue weighted by molar-refractivity contribution is 8.00. The fourth-order valence-corrected chi connectivity index (χ4v) is 3.85. The Balaban J connectivity index is 1.44. The fraction of sp³-hybridized carbons (Fsp3) is 0.190. The van der Waals surface area contributed by atoms with E-state index in [0.29, 0.717) is 18.8 Å². The highest BCUT2D eigenvalue weighted by Gasteiger charge is 2.12. The summed E-state index contributed by atoms with van der Waals surface area (Å²) in [4.78, 5) is 21.4. The molecule has 1 amide bonds. The van der Waals surface area contributed by atoms with Crippen LogP contribution in [0.3, 0.4) is 0 Å². The molecule has 4 aromatic rings. The molecule has 0 aliphatic heterocycles. The number of ether oxygens (including phenoxy) is 1. The summed E-state index contributed by atoms with van der Waals surface area (Å²) in [5.74, 6) is 1.03. The number of hydrogen-bond acceptors (Lipinski definition) is 5. The molecule has 0 saturated carbocycles. The molecule has 6 nitrogen and oxygen atoms in total. The maximum absolute atomic E-state index is 12.4. The molecule has 0 aliphatic carbocycles. The SMILES string of the molecule is CCOc1ccccc1CNC(=O)CSc1nc2ncccc2n2cccc12. The fourth-order valence-electron chi connectivity index (χ4n) is 3.01. The topological polar surface area (TPSA) is 68.5 Å². The Morgan fingerprint density at radius 2 is 2.00 bits per heavy atom. The molecule has 142 valence electrons. The van der Waals surface area contributed by atoms with Crippen molar-refractivity contribution in [1.82, 2.24) is 19.7 Å². The number of benzene rings is 1. The number of carbonyl (C=O) groups excluding carboxylic acids is 1. The Bertz CT molecular complexity index is 1130. The van der Waals surface area contributed by atoms with Crippen molar-refractivity contribution in [2.75, 3.05) is 12.4 Å². The molecule has 28 heavy (non-hydrogen) atoms. The van der Waals surface area contributed by atoms with Gasteiger partial charge in [-0.05, 0) is 37.3 Å². The first-order valence-corrected chi connectivity index (χ1v) is 10.1. The molecule has 1 aromatic carbocycles. The monoisotopic (exact) mass is 392 g/mol. The minimum Gasteiger partial charge on any atom is -0.494 e. The van der Waals surface area contributed by atoms with E-state index in [-0.39, 0.29) is 11.7 Å². The number of fused-ring (bicyclic) bond motifs is 3. The van der Waals surface area contributed by atoms with Gasteiger partial charge < -0.3 is 14.5 Å². The molecular weight excluding hydrogens is 372 g/mol. The van der Waals surface area contributed by atoms with Gasteiger partial charge in [-0.2, -0.15) is 0 Å². The zero-order valence-corrected chi connectivity index (χ0v) is 16.3. The molecule has 4 rings (SSSR count). The number of thioether (sulfide) groups is 1. The standard InChI is InChI=1S/C21H20N4O2S/c1-2-27-18-10-4-3-7-15(18)13-23-19(26)14-28-21-17-9-6-12-25(17)16-8-5-11-22-20(16)24-21/h3-12H,2,13-14H2,1H3,(H,23,26). The van der Waals surface area contributed by atoms with Crippen molar-refractivity contribution in [3.8, 4) is 5.75 Å². The average Bonchev–Trinajstić information content (AvgIpc) is 3.22. The minimum absolute atomic E-state index is 0.0519. The quantitative estimate of drug-likeness (QED) is 0.486. The maximum Gasteiger partial charge on any atom is 0.230 e. The van der Waals surface area contributed by atoms with E-state index < -0.39 is 0 Å². The number of nitrogens with one attached hydrogen (secondary N) is 1. The summed E-state index contributed by atoms with van der Waals surface area (Å²) in [7, 11) is 0. The van der Waals surface area contributed by atoms with E-state index in [1.54, 1.807) is 6.20 Å². The zero-order chi connectivity index (χ0) is 19.3. The van der Waals surface area contributed by atoms with E-state index in [9.17, 15) is 4.79 Å². The lowest BCUT2D eigenvalue weighted by Gasteiger charge is -2.11. The van der Waals surface area contributed by atoms with Crippen molar-refractivity contribution in [2.24, 2.45) is 0 Å². The Labute approximate surface area is 167 Å². The molecule has 0 aliphatic rings. The predicted molar refractivity (Wildman–Crippen MR) is 111 cm³/mol. The van der Waals surface area contributed by atoms with E-state index in [0.717, 1.165) is 27.4 Å². The van der Waals surface area contributed by atoms with Gasteiger partial charge in [-0.15, -0.1) is 0 Å². The van der Waals surface area contributed by atoms with Crippen LogP contribution in [0.25, 0.3) is 16.7 Å². The van der Waals surface area contributed by atoms with Gasteiger partial charge in [0, 0.05) is 24.5 Å². The van der Waals surface area contributed by atoms with Crippen molar-refractivity contribution in [1.29, 1.82) is 0 Å². The molecule has 0 spiro atoms. The normalized spacial score (nSPS) is 11.0. The van der Waals surface area contributed by atoms with Crippen molar-refractivity contribution in [2.45, 2.75) is 18.5 Å². The molecule has 3 aromatic heterocycles. The van der Waals surface area contributed by atoms with Crippen LogP contribution < -0.4 is 10.1 Å². The van der Waals surface area contributed by atoms with E-state index in [2.05, 4.69) is 15.3 Å². The van der Waals surface area contributed by atoms with Gasteiger partial charge in [0.25, 0.3) is 0 Å². The Morgan fingerprint density at radius 1 is 1.14 bits per heavy atom. The van der Waals surface area contributed by atoms with Crippen LogP contribution in [0.1, 0.15) is 12.5 Å². The second-order valence-corrected chi connectivity index (χ2v) is 7.10. The number of aromatic nitrogens is 3. The molecule has 7 heteroatoms. The highest BCUT2D eigenvalue weighted by Crippen LogP contribution is 2.25. The second kappa shape index (κ2) is 8.31. The Kier molecular flexibility index (Phi) is 5.43. The van der Waals surface area contributed by atoms with Crippen LogP contribution in [-0.2, 0) is 11.3 Å². The van der Waals surface area contributed by atoms with Crippen LogP contribution in [0, 0.1) is 0 Å². The maximum atomic E-state index is 12.4. The van der Waals surface area contributed by atoms with E-state index in [1.807, 2.05) is 66.1 Å². The number of rotatable bonds is 7. The largest absolute Gasteiger partial charge is 0.494 e. The number of nitrogens with zero attached hydrogens (tertiary/aromatic N) is 3. The number of pyridine rings is 1. The van der Waals surface area contributed by atoms with Crippen molar-refractivity contribution in [3.63, 3.8) is 0 Å². The summed E-state index contributed by atoms with van der Waals surface area (Å²) in [6.45, 7) is 2.97. The molecule has 1 N–H and O–H groups in total. The van der Waals surface area contributed by atoms with Crippen LogP contribution in [0.15, 0.2) is 66.0 Å². The molecule has 0 atom stereocenters. The van der Waals surface area contributed by atoms with Gasteiger partial charge in [-0.1, -0.05) is 30.0 Å². The average molecular weight is 392 g/mol. The smallest absolute Gasteiger partial charge is 0.230 e. The highest BCUT2D eigenvalue weighted by atomic mass is 32.2. The Hall–Kier alpha value is -3.06. The lowest BCUT2D eigenvalue weighted by atomic mass is 10.2. The van der Waals surface area contributed by atoms with Crippen LogP contribution in [0.5, 0.6) is 5.75 Å². The van der Waals surface area contributed by atoms with Gasteiger partial charge >= 0.3 is 0 Å². The van der Waals surface area contributed by atoms with Crippen LogP contribution in [0.2, 0.25) is 0 Å². The first-order valence-electron chi connectivity index (χ1n) is 9.08. The van der Waals surface area contributed by atoms with Crippen LogP contribution in [-0.4, -0.2) is 32.6 Å². The third-order valence-corrected chi connectivity index (χ3v) is 5.27. The molecule has 0 unspecified atom stereocenters. The number of hydrogen-bond donors (Lipinski definition) is 1. The Morgan fingerprint density at radius 3 is 2.89 bits per heavy atom. The zero-order valence-electron chi connectivity index (χ0n) is 15.5. The summed E-state index contributed by atoms with van der Waals surface area (Å²) in [5.41, 5.74) is 3.55. The van der Waals surface area contributed by atoms with Crippen LogP contribution in [0.4, 0.5) is 0 Å². The van der Waals surface area contributed by atoms with Gasteiger partial charge in [-0.3, -0.25) is 4.79 Å². The van der Waals surface area contributed by atoms with Gasteiger partial charge in [0.2, 0.25) is 5.91 Å². The number of amides is 1. The van der Waals surface area contributed by atoms with Crippen molar-refractivity contribution >= 4 is 34.3 Å². The predicted octanol–water partition coefficient (Wildman–Crippen LogP) is 3.69. The van der Waals surface area contributed by atoms with Gasteiger partial charge in [0.05, 0.1) is 23.4 Å². The number of para-hydroxylation sites is 1. The summed E-state index contributed by atoms with van der Waals surface area (Å²) in [6, 6.07) is 15.6. The molecule has 3 heterocycles. The van der Waals surface area contributed by atoms with Crippen molar-refractivity contribution in [3.05, 3.63) is 66.5 Å². The first kappa shape index (κ1) is 18.3. The van der Waals surface area contributed by atoms with Gasteiger partial charge in [-0.25, -0.2) is 9.97 Å². The van der Waals surface area contributed by atoms with E-state index in [4.69, 9.17) is 4.74 Å². The van der Waals surface area contributed by atoms with Gasteiger partial charge in [0.15, 0.2) is 5.65 Å². The lowest BCUT2D eigenvalue weighted by molar-refractivity contribution is -0.118. The summed E-state index contributed by atoms with van der Waals surface area (Å²) < 4.78 is 7.65. The third kappa shape index (κ3) is 3.80. The van der Waals surface area contributed by atoms with Crippen molar-refractivity contribution < 1.29 is 9.53 Å². The third-order valence-electron chi connectivity index (χ3n) is 4.29. The summed E-state index contributed by atoms with van der Waals surface area (Å²) >= 11 is 1.41.